The van der Waals surface area contributed by atoms with Gasteiger partial charge in [0.1, 0.15) is 10.7 Å². The van der Waals surface area contributed by atoms with Gasteiger partial charge in [0, 0.05) is 34.2 Å². The molecule has 0 amide bonds. The van der Waals surface area contributed by atoms with Crippen LogP contribution in [-0.2, 0) is 0 Å². The molecule has 0 aliphatic rings. The highest BCUT2D eigenvalue weighted by Crippen LogP contribution is 2.31. The molecule has 2 N–H and O–H groups in total. The molecule has 102 valence electrons. The van der Waals surface area contributed by atoms with Gasteiger partial charge in [0.25, 0.3) is 0 Å². The lowest BCUT2D eigenvalue weighted by molar-refractivity contribution is 1.20. The number of hydrogen-bond acceptors (Lipinski definition) is 7. The number of rotatable bonds is 2. The van der Waals surface area contributed by atoms with Gasteiger partial charge in [-0.3, -0.25) is 0 Å². The first-order valence-electron chi connectivity index (χ1n) is 6.18. The number of nitrogens with zero attached hydrogens (tertiary/aromatic N) is 4. The highest BCUT2D eigenvalue weighted by atomic mass is 32.1. The third kappa shape index (κ3) is 2.16. The fraction of sp³-hybridized carbons (Fsp3) is 0. The molecule has 0 aliphatic heterocycles. The van der Waals surface area contributed by atoms with Crippen molar-refractivity contribution < 1.29 is 0 Å². The summed E-state index contributed by atoms with van der Waals surface area (Å²) in [5.41, 5.74) is 8.22. The van der Waals surface area contributed by atoms with E-state index in [0.29, 0.717) is 11.5 Å². The first kappa shape index (κ1) is 12.4. The molecule has 0 saturated carbocycles. The molecule has 5 nitrogen and oxygen atoms in total. The van der Waals surface area contributed by atoms with Gasteiger partial charge in [-0.25, -0.2) is 19.9 Å². The number of anilines is 1. The van der Waals surface area contributed by atoms with Crippen molar-refractivity contribution in [2.75, 3.05) is 5.73 Å². The summed E-state index contributed by atoms with van der Waals surface area (Å²) in [6, 6.07) is 5.63. The van der Waals surface area contributed by atoms with Crippen LogP contribution in [0.15, 0.2) is 41.4 Å². The number of thiazole rings is 2. The number of hydrogen-bond donors (Lipinski definition) is 1. The van der Waals surface area contributed by atoms with E-state index >= 15 is 0 Å². The standard InChI is InChI=1S/C14H9N5S2/c15-8-1-2-10-9(7-8)11(13-16-3-5-20-13)19-12(18-10)14-17-4-6-21-14/h1-7H,15H2. The molecule has 0 unspecified atom stereocenters. The second-order valence-corrected chi connectivity index (χ2v) is 6.14. The van der Waals surface area contributed by atoms with E-state index in [-0.39, 0.29) is 0 Å². The predicted molar refractivity (Wildman–Crippen MR) is 86.2 cm³/mol. The Morgan fingerprint density at radius 1 is 0.905 bits per heavy atom. The van der Waals surface area contributed by atoms with Crippen molar-refractivity contribution in [1.82, 2.24) is 19.9 Å². The van der Waals surface area contributed by atoms with E-state index in [1.165, 1.54) is 11.3 Å². The van der Waals surface area contributed by atoms with Crippen molar-refractivity contribution in [2.45, 2.75) is 0 Å². The van der Waals surface area contributed by atoms with Crippen LogP contribution in [0.3, 0.4) is 0 Å². The van der Waals surface area contributed by atoms with Crippen LogP contribution in [0.1, 0.15) is 0 Å². The molecule has 0 saturated heterocycles. The quantitative estimate of drug-likeness (QED) is 0.574. The van der Waals surface area contributed by atoms with Gasteiger partial charge in [-0.1, -0.05) is 0 Å². The van der Waals surface area contributed by atoms with E-state index < -0.39 is 0 Å². The molecule has 3 heterocycles. The van der Waals surface area contributed by atoms with Crippen LogP contribution in [0.25, 0.3) is 32.4 Å². The Bertz CT molecular complexity index is 901. The van der Waals surface area contributed by atoms with Gasteiger partial charge in [-0.15, -0.1) is 22.7 Å². The van der Waals surface area contributed by atoms with Crippen molar-refractivity contribution in [1.29, 1.82) is 0 Å². The topological polar surface area (TPSA) is 77.6 Å². The summed E-state index contributed by atoms with van der Waals surface area (Å²) in [6.07, 6.45) is 3.52. The minimum Gasteiger partial charge on any atom is -0.399 e. The molecule has 0 spiro atoms. The Labute approximate surface area is 128 Å². The monoisotopic (exact) mass is 311 g/mol. The van der Waals surface area contributed by atoms with E-state index in [2.05, 4.69) is 19.9 Å². The van der Waals surface area contributed by atoms with Gasteiger partial charge >= 0.3 is 0 Å². The lowest BCUT2D eigenvalue weighted by atomic mass is 10.1. The minimum absolute atomic E-state index is 0.618. The molecule has 0 radical (unpaired) electrons. The zero-order chi connectivity index (χ0) is 14.2. The van der Waals surface area contributed by atoms with Crippen LogP contribution in [0.4, 0.5) is 5.69 Å². The molecule has 4 rings (SSSR count). The summed E-state index contributed by atoms with van der Waals surface area (Å²) in [7, 11) is 0. The lowest BCUT2D eigenvalue weighted by Gasteiger charge is -2.06. The van der Waals surface area contributed by atoms with Crippen LogP contribution < -0.4 is 5.73 Å². The fourth-order valence-electron chi connectivity index (χ4n) is 2.08. The van der Waals surface area contributed by atoms with Crippen molar-refractivity contribution in [3.05, 3.63) is 41.4 Å². The number of nitrogens with two attached hydrogens (primary N) is 1. The van der Waals surface area contributed by atoms with Gasteiger partial charge in [0.2, 0.25) is 0 Å². The van der Waals surface area contributed by atoms with Crippen LogP contribution in [0.2, 0.25) is 0 Å². The number of aromatic nitrogens is 4. The van der Waals surface area contributed by atoms with Crippen LogP contribution in [0, 0.1) is 0 Å². The molecule has 3 aromatic heterocycles. The van der Waals surface area contributed by atoms with E-state index in [0.717, 1.165) is 26.6 Å². The van der Waals surface area contributed by atoms with Crippen molar-refractivity contribution in [3.63, 3.8) is 0 Å². The summed E-state index contributed by atoms with van der Waals surface area (Å²) < 4.78 is 0. The van der Waals surface area contributed by atoms with Gasteiger partial charge in [-0.2, -0.15) is 0 Å². The average molecular weight is 311 g/mol. The predicted octanol–water partition coefficient (Wildman–Crippen LogP) is 3.46. The SMILES string of the molecule is Nc1ccc2nc(-c3nccs3)nc(-c3nccs3)c2c1. The normalized spacial score (nSPS) is 11.0. The highest BCUT2D eigenvalue weighted by molar-refractivity contribution is 7.13. The Balaban J connectivity index is 2.06. The molecule has 0 bridgehead atoms. The maximum absolute atomic E-state index is 5.90. The van der Waals surface area contributed by atoms with Gasteiger partial charge in [0.15, 0.2) is 10.8 Å². The molecular weight excluding hydrogens is 302 g/mol. The minimum atomic E-state index is 0.618. The third-order valence-corrected chi connectivity index (χ3v) is 4.53. The molecule has 21 heavy (non-hydrogen) atoms. The molecule has 0 fully saturated rings. The smallest absolute Gasteiger partial charge is 0.189 e. The van der Waals surface area contributed by atoms with Gasteiger partial charge in [-0.05, 0) is 18.2 Å². The Morgan fingerprint density at radius 2 is 1.67 bits per heavy atom. The Morgan fingerprint density at radius 3 is 2.38 bits per heavy atom. The average Bonchev–Trinajstić information content (AvgIpc) is 3.19. The zero-order valence-corrected chi connectivity index (χ0v) is 12.4. The van der Waals surface area contributed by atoms with E-state index in [4.69, 9.17) is 5.73 Å². The summed E-state index contributed by atoms with van der Waals surface area (Å²) in [5, 5.41) is 6.40. The number of fused-ring (bicyclic) bond motifs is 1. The van der Waals surface area contributed by atoms with Crippen LogP contribution in [0.5, 0.6) is 0 Å². The molecule has 1 aromatic carbocycles. The van der Waals surface area contributed by atoms with Crippen molar-refractivity contribution in [2.24, 2.45) is 0 Å². The summed E-state index contributed by atoms with van der Waals surface area (Å²) in [6.45, 7) is 0. The first-order valence-corrected chi connectivity index (χ1v) is 7.94. The largest absolute Gasteiger partial charge is 0.399 e. The van der Waals surface area contributed by atoms with Crippen LogP contribution in [-0.4, -0.2) is 19.9 Å². The Hall–Kier alpha value is -2.38. The van der Waals surface area contributed by atoms with E-state index in [9.17, 15) is 0 Å². The second-order valence-electron chi connectivity index (χ2n) is 4.35. The van der Waals surface area contributed by atoms with E-state index in [1.54, 1.807) is 23.7 Å². The van der Waals surface area contributed by atoms with Gasteiger partial charge < -0.3 is 5.73 Å². The maximum atomic E-state index is 5.90. The van der Waals surface area contributed by atoms with Crippen molar-refractivity contribution in [3.8, 4) is 21.5 Å². The molecule has 4 aromatic rings. The van der Waals surface area contributed by atoms with Gasteiger partial charge in [0.05, 0.1) is 5.52 Å². The molecule has 0 atom stereocenters. The highest BCUT2D eigenvalue weighted by Gasteiger charge is 2.14. The number of benzene rings is 1. The van der Waals surface area contributed by atoms with E-state index in [1.807, 2.05) is 29.0 Å². The number of nitrogen functional groups attached to an aromatic ring is 1. The summed E-state index contributed by atoms with van der Waals surface area (Å²) in [4.78, 5) is 17.9. The molecule has 0 aliphatic carbocycles. The first-order chi connectivity index (χ1) is 10.3. The maximum Gasteiger partial charge on any atom is 0.189 e. The summed E-state index contributed by atoms with van der Waals surface area (Å²) in [5.74, 6) is 0.618. The fourth-order valence-corrected chi connectivity index (χ4v) is 3.29. The zero-order valence-electron chi connectivity index (χ0n) is 10.7. The van der Waals surface area contributed by atoms with Crippen LogP contribution >= 0.6 is 22.7 Å². The Kier molecular flexibility index (Phi) is 2.87. The van der Waals surface area contributed by atoms with Crippen molar-refractivity contribution >= 4 is 39.3 Å². The molecular formula is C14H9N5S2. The second kappa shape index (κ2) is 4.87. The third-order valence-electron chi connectivity index (χ3n) is 2.98. The molecule has 7 heteroatoms. The lowest BCUT2D eigenvalue weighted by Crippen LogP contribution is -1.95. The summed E-state index contributed by atoms with van der Waals surface area (Å²) >= 11 is 3.06.